The highest BCUT2D eigenvalue weighted by Gasteiger charge is 2.26. The molecule has 0 radical (unpaired) electrons. The lowest BCUT2D eigenvalue weighted by atomic mass is 9.78. The molecular weight excluding hydrogens is 388 g/mol. The Hall–Kier alpha value is -3.41. The number of benzene rings is 2. The SMILES string of the molecule is CC(C)(C)c1cc(/C=N\NC(=O)c2cc(-c3ccccc3)n[nH]2)cc(C(C)(C)C)c1O. The molecule has 31 heavy (non-hydrogen) atoms. The van der Waals surface area contributed by atoms with Gasteiger partial charge in [-0.3, -0.25) is 9.89 Å². The van der Waals surface area contributed by atoms with E-state index in [9.17, 15) is 9.90 Å². The summed E-state index contributed by atoms with van der Waals surface area (Å²) < 4.78 is 0. The molecule has 0 aliphatic carbocycles. The van der Waals surface area contributed by atoms with Crippen molar-refractivity contribution < 1.29 is 9.90 Å². The molecule has 1 amide bonds. The standard InChI is InChI=1S/C25H30N4O2/c1-24(2,3)18-12-16(13-19(22(18)30)25(4,5)6)15-26-29-23(31)21-14-20(27-28-21)17-10-8-7-9-11-17/h7-15,30H,1-6H3,(H,27,28)(H,29,31)/b26-15-. The van der Waals surface area contributed by atoms with Crippen molar-refractivity contribution >= 4 is 12.1 Å². The van der Waals surface area contributed by atoms with E-state index in [4.69, 9.17) is 0 Å². The van der Waals surface area contributed by atoms with E-state index in [2.05, 4.69) is 62.3 Å². The van der Waals surface area contributed by atoms with Gasteiger partial charge in [-0.1, -0.05) is 71.9 Å². The lowest BCUT2D eigenvalue weighted by molar-refractivity contribution is 0.0950. The topological polar surface area (TPSA) is 90.4 Å². The number of carbonyl (C=O) groups excluding carboxylic acids is 1. The fourth-order valence-electron chi connectivity index (χ4n) is 3.30. The molecule has 0 bridgehead atoms. The summed E-state index contributed by atoms with van der Waals surface area (Å²) in [6.45, 7) is 12.3. The van der Waals surface area contributed by atoms with Crippen LogP contribution in [0.5, 0.6) is 5.75 Å². The number of rotatable bonds is 4. The molecular formula is C25H30N4O2. The number of amides is 1. The molecule has 0 aliphatic heterocycles. The number of aromatic nitrogens is 2. The van der Waals surface area contributed by atoms with Crippen molar-refractivity contribution in [1.82, 2.24) is 15.6 Å². The third kappa shape index (κ3) is 5.20. The maximum Gasteiger partial charge on any atom is 0.289 e. The minimum Gasteiger partial charge on any atom is -0.507 e. The third-order valence-corrected chi connectivity index (χ3v) is 5.02. The molecule has 0 fully saturated rings. The molecule has 1 heterocycles. The van der Waals surface area contributed by atoms with Gasteiger partial charge in [0.15, 0.2) is 0 Å². The monoisotopic (exact) mass is 418 g/mol. The van der Waals surface area contributed by atoms with Gasteiger partial charge in [0.05, 0.1) is 11.9 Å². The van der Waals surface area contributed by atoms with Crippen molar-refractivity contribution in [2.24, 2.45) is 5.10 Å². The Labute approximate surface area is 183 Å². The van der Waals surface area contributed by atoms with Crippen molar-refractivity contribution in [3.05, 3.63) is 70.9 Å². The van der Waals surface area contributed by atoms with E-state index in [0.29, 0.717) is 17.1 Å². The number of carbonyl (C=O) groups is 1. The molecule has 162 valence electrons. The number of nitrogens with one attached hydrogen (secondary N) is 2. The Morgan fingerprint density at radius 3 is 2.13 bits per heavy atom. The Kier molecular flexibility index (Phi) is 6.02. The van der Waals surface area contributed by atoms with Gasteiger partial charge in [0, 0.05) is 16.7 Å². The molecule has 0 aliphatic rings. The Morgan fingerprint density at radius 2 is 1.58 bits per heavy atom. The number of hydrogen-bond acceptors (Lipinski definition) is 4. The lowest BCUT2D eigenvalue weighted by Gasteiger charge is -2.27. The van der Waals surface area contributed by atoms with Crippen LogP contribution in [0.1, 0.15) is 68.7 Å². The van der Waals surface area contributed by atoms with Crippen LogP contribution in [-0.2, 0) is 10.8 Å². The summed E-state index contributed by atoms with van der Waals surface area (Å²) in [5.41, 5.74) is 6.51. The molecule has 0 spiro atoms. The molecule has 3 N–H and O–H groups in total. The van der Waals surface area contributed by atoms with Crippen LogP contribution in [-0.4, -0.2) is 27.4 Å². The predicted molar refractivity (Wildman–Crippen MR) is 125 cm³/mol. The highest BCUT2D eigenvalue weighted by Crippen LogP contribution is 2.39. The van der Waals surface area contributed by atoms with Crippen LogP contribution in [0, 0.1) is 0 Å². The van der Waals surface area contributed by atoms with E-state index >= 15 is 0 Å². The maximum atomic E-state index is 12.4. The number of nitrogens with zero attached hydrogens (tertiary/aromatic N) is 2. The zero-order valence-electron chi connectivity index (χ0n) is 18.9. The molecule has 6 heteroatoms. The van der Waals surface area contributed by atoms with Crippen LogP contribution in [0.3, 0.4) is 0 Å². The van der Waals surface area contributed by atoms with Crippen LogP contribution < -0.4 is 5.43 Å². The average Bonchev–Trinajstić information content (AvgIpc) is 3.18. The van der Waals surface area contributed by atoms with E-state index in [-0.39, 0.29) is 16.7 Å². The molecule has 3 aromatic rings. The van der Waals surface area contributed by atoms with Gasteiger partial charge in [0.1, 0.15) is 11.4 Å². The van der Waals surface area contributed by atoms with Crippen LogP contribution in [0.15, 0.2) is 53.6 Å². The molecule has 0 unspecified atom stereocenters. The summed E-state index contributed by atoms with van der Waals surface area (Å²) in [6.07, 6.45) is 1.59. The summed E-state index contributed by atoms with van der Waals surface area (Å²) in [5.74, 6) is -0.0658. The predicted octanol–water partition coefficient (Wildman–Crippen LogP) is 5.14. The highest BCUT2D eigenvalue weighted by molar-refractivity contribution is 5.94. The summed E-state index contributed by atoms with van der Waals surface area (Å²) >= 11 is 0. The fourth-order valence-corrected chi connectivity index (χ4v) is 3.30. The summed E-state index contributed by atoms with van der Waals surface area (Å²) in [6, 6.07) is 15.1. The number of H-pyrrole nitrogens is 1. The largest absolute Gasteiger partial charge is 0.507 e. The van der Waals surface area contributed by atoms with E-state index in [0.717, 1.165) is 22.3 Å². The van der Waals surface area contributed by atoms with Crippen molar-refractivity contribution in [1.29, 1.82) is 0 Å². The number of phenols is 1. The Morgan fingerprint density at radius 1 is 1.00 bits per heavy atom. The van der Waals surface area contributed by atoms with Gasteiger partial charge in [0.25, 0.3) is 5.91 Å². The van der Waals surface area contributed by atoms with E-state index in [1.807, 2.05) is 42.5 Å². The van der Waals surface area contributed by atoms with Gasteiger partial charge in [-0.05, 0) is 34.6 Å². The minimum atomic E-state index is -0.378. The van der Waals surface area contributed by atoms with Crippen molar-refractivity contribution in [3.63, 3.8) is 0 Å². The summed E-state index contributed by atoms with van der Waals surface area (Å²) in [7, 11) is 0. The fraction of sp³-hybridized carbons (Fsp3) is 0.320. The van der Waals surface area contributed by atoms with E-state index in [1.54, 1.807) is 12.3 Å². The van der Waals surface area contributed by atoms with E-state index in [1.165, 1.54) is 0 Å². The molecule has 3 rings (SSSR count). The summed E-state index contributed by atoms with van der Waals surface area (Å²) in [4.78, 5) is 12.4. The minimum absolute atomic E-state index is 0.235. The maximum absolute atomic E-state index is 12.4. The number of aromatic amines is 1. The zero-order valence-corrected chi connectivity index (χ0v) is 18.9. The van der Waals surface area contributed by atoms with Crippen LogP contribution in [0.2, 0.25) is 0 Å². The second-order valence-corrected chi connectivity index (χ2v) is 9.70. The van der Waals surface area contributed by atoms with Gasteiger partial charge < -0.3 is 5.11 Å². The molecule has 0 atom stereocenters. The Balaban J connectivity index is 1.81. The number of aromatic hydroxyl groups is 1. The molecule has 0 saturated carbocycles. The first kappa shape index (κ1) is 22.3. The molecule has 2 aromatic carbocycles. The molecule has 1 aromatic heterocycles. The Bertz CT molecular complexity index is 1070. The second kappa shape index (κ2) is 8.38. The second-order valence-electron chi connectivity index (χ2n) is 9.70. The smallest absolute Gasteiger partial charge is 0.289 e. The normalized spacial score (nSPS) is 12.3. The van der Waals surface area contributed by atoms with Gasteiger partial charge in [-0.25, -0.2) is 5.43 Å². The first-order valence-electron chi connectivity index (χ1n) is 10.3. The lowest BCUT2D eigenvalue weighted by Crippen LogP contribution is -2.19. The first-order chi connectivity index (χ1) is 14.5. The van der Waals surface area contributed by atoms with Crippen molar-refractivity contribution in [2.75, 3.05) is 0 Å². The molecule has 0 saturated heterocycles. The van der Waals surface area contributed by atoms with Crippen LogP contribution >= 0.6 is 0 Å². The first-order valence-corrected chi connectivity index (χ1v) is 10.3. The van der Waals surface area contributed by atoms with Crippen molar-refractivity contribution in [2.45, 2.75) is 52.4 Å². The number of hydrazone groups is 1. The van der Waals surface area contributed by atoms with Crippen LogP contribution in [0.25, 0.3) is 11.3 Å². The number of hydrogen-bond donors (Lipinski definition) is 3. The van der Waals surface area contributed by atoms with Gasteiger partial charge in [-0.2, -0.15) is 10.2 Å². The zero-order chi connectivity index (χ0) is 22.8. The summed E-state index contributed by atoms with van der Waals surface area (Å²) in [5, 5.41) is 21.9. The average molecular weight is 419 g/mol. The van der Waals surface area contributed by atoms with Gasteiger partial charge in [0.2, 0.25) is 0 Å². The van der Waals surface area contributed by atoms with Crippen molar-refractivity contribution in [3.8, 4) is 17.0 Å². The van der Waals surface area contributed by atoms with Gasteiger partial charge in [-0.15, -0.1) is 0 Å². The number of phenolic OH excluding ortho intramolecular Hbond substituents is 1. The highest BCUT2D eigenvalue weighted by atomic mass is 16.3. The molecule has 6 nitrogen and oxygen atoms in total. The third-order valence-electron chi connectivity index (χ3n) is 5.02. The van der Waals surface area contributed by atoms with Crippen LogP contribution in [0.4, 0.5) is 0 Å². The van der Waals surface area contributed by atoms with Gasteiger partial charge >= 0.3 is 0 Å². The quantitative estimate of drug-likeness (QED) is 0.405. The van der Waals surface area contributed by atoms with E-state index < -0.39 is 0 Å².